The highest BCUT2D eigenvalue weighted by Crippen LogP contribution is 2.32. The van der Waals surface area contributed by atoms with Crippen molar-refractivity contribution < 1.29 is 14.2 Å². The Balaban J connectivity index is 1.65. The van der Waals surface area contributed by atoms with Crippen molar-refractivity contribution in [1.82, 2.24) is 9.97 Å². The molecule has 0 fully saturated rings. The van der Waals surface area contributed by atoms with Gasteiger partial charge in [0.05, 0.1) is 6.61 Å². The Morgan fingerprint density at radius 3 is 3.00 bits per heavy atom. The first-order valence-electron chi connectivity index (χ1n) is 6.42. The van der Waals surface area contributed by atoms with Crippen LogP contribution in [0.25, 0.3) is 0 Å². The Hall–Kier alpha value is -2.50. The molecule has 20 heavy (non-hydrogen) atoms. The Kier molecular flexibility index (Phi) is 3.54. The number of benzene rings is 1. The monoisotopic (exact) mass is 273 g/mol. The molecule has 6 heteroatoms. The molecule has 0 unspecified atom stereocenters. The Morgan fingerprint density at radius 1 is 1.20 bits per heavy atom. The van der Waals surface area contributed by atoms with Crippen LogP contribution in [0, 0.1) is 0 Å². The summed E-state index contributed by atoms with van der Waals surface area (Å²) in [5.74, 6) is 2.85. The molecule has 2 heterocycles. The number of ether oxygens (including phenoxy) is 3. The fraction of sp³-hybridized carbons (Fsp3) is 0.286. The quantitative estimate of drug-likeness (QED) is 0.901. The highest BCUT2D eigenvalue weighted by Gasteiger charge is 2.13. The van der Waals surface area contributed by atoms with Crippen LogP contribution >= 0.6 is 0 Å². The lowest BCUT2D eigenvalue weighted by Crippen LogP contribution is -2.03. The number of fused-ring (bicyclic) bond motifs is 1. The molecule has 2 aromatic rings. The van der Waals surface area contributed by atoms with Crippen LogP contribution in [0.1, 0.15) is 12.5 Å². The summed E-state index contributed by atoms with van der Waals surface area (Å²) < 4.78 is 16.0. The number of aromatic nitrogens is 2. The van der Waals surface area contributed by atoms with Gasteiger partial charge in [0.2, 0.25) is 12.7 Å². The Morgan fingerprint density at radius 2 is 2.10 bits per heavy atom. The number of hydrogen-bond donors (Lipinski definition) is 1. The van der Waals surface area contributed by atoms with Crippen molar-refractivity contribution in [2.75, 3.05) is 18.7 Å². The van der Waals surface area contributed by atoms with E-state index < -0.39 is 0 Å². The van der Waals surface area contributed by atoms with Crippen LogP contribution in [0.5, 0.6) is 17.4 Å². The lowest BCUT2D eigenvalue weighted by Gasteiger charge is -2.07. The Bertz CT molecular complexity index is 604. The van der Waals surface area contributed by atoms with Gasteiger partial charge in [-0.25, -0.2) is 9.97 Å². The van der Waals surface area contributed by atoms with Gasteiger partial charge in [-0.05, 0) is 24.6 Å². The van der Waals surface area contributed by atoms with Crippen molar-refractivity contribution in [3.05, 3.63) is 36.2 Å². The van der Waals surface area contributed by atoms with Crippen LogP contribution in [-0.2, 0) is 6.54 Å². The van der Waals surface area contributed by atoms with E-state index in [-0.39, 0.29) is 6.79 Å². The van der Waals surface area contributed by atoms with Gasteiger partial charge in [-0.2, -0.15) is 0 Å². The fourth-order valence-electron chi connectivity index (χ4n) is 1.91. The molecule has 0 radical (unpaired) electrons. The molecule has 0 amide bonds. The summed E-state index contributed by atoms with van der Waals surface area (Å²) in [6.07, 6.45) is 1.48. The molecule has 1 N–H and O–H groups in total. The molecular formula is C14H15N3O3. The third kappa shape index (κ3) is 2.74. The second-order valence-corrected chi connectivity index (χ2v) is 4.22. The van der Waals surface area contributed by atoms with E-state index in [4.69, 9.17) is 14.2 Å². The van der Waals surface area contributed by atoms with E-state index in [1.807, 2.05) is 25.1 Å². The summed E-state index contributed by atoms with van der Waals surface area (Å²) >= 11 is 0. The third-order valence-electron chi connectivity index (χ3n) is 2.84. The van der Waals surface area contributed by atoms with E-state index in [0.29, 0.717) is 19.0 Å². The van der Waals surface area contributed by atoms with Crippen LogP contribution in [0.3, 0.4) is 0 Å². The maximum absolute atomic E-state index is 5.35. The maximum atomic E-state index is 5.35. The van der Waals surface area contributed by atoms with Crippen LogP contribution in [0.2, 0.25) is 0 Å². The highest BCUT2D eigenvalue weighted by atomic mass is 16.7. The summed E-state index contributed by atoms with van der Waals surface area (Å²) in [6, 6.07) is 7.63. The molecule has 0 atom stereocenters. The molecule has 1 aromatic heterocycles. The lowest BCUT2D eigenvalue weighted by atomic mass is 10.2. The highest BCUT2D eigenvalue weighted by molar-refractivity contribution is 5.46. The van der Waals surface area contributed by atoms with E-state index in [9.17, 15) is 0 Å². The number of nitrogens with one attached hydrogen (secondary N) is 1. The van der Waals surface area contributed by atoms with Gasteiger partial charge in [0, 0.05) is 12.6 Å². The van der Waals surface area contributed by atoms with Crippen molar-refractivity contribution in [3.8, 4) is 17.4 Å². The summed E-state index contributed by atoms with van der Waals surface area (Å²) in [4.78, 5) is 8.17. The first kappa shape index (κ1) is 12.5. The first-order valence-corrected chi connectivity index (χ1v) is 6.42. The minimum atomic E-state index is 0.288. The van der Waals surface area contributed by atoms with Gasteiger partial charge in [-0.3, -0.25) is 0 Å². The Labute approximate surface area is 116 Å². The number of hydrogen-bond acceptors (Lipinski definition) is 6. The average molecular weight is 273 g/mol. The molecule has 1 aliphatic heterocycles. The molecule has 1 aliphatic rings. The van der Waals surface area contributed by atoms with Crippen molar-refractivity contribution in [1.29, 1.82) is 0 Å². The lowest BCUT2D eigenvalue weighted by molar-refractivity contribution is 0.174. The summed E-state index contributed by atoms with van der Waals surface area (Å²) in [7, 11) is 0. The molecule has 0 saturated carbocycles. The van der Waals surface area contributed by atoms with E-state index >= 15 is 0 Å². The van der Waals surface area contributed by atoms with Gasteiger partial charge in [-0.15, -0.1) is 0 Å². The maximum Gasteiger partial charge on any atom is 0.231 e. The molecule has 0 bridgehead atoms. The van der Waals surface area contributed by atoms with Crippen LogP contribution < -0.4 is 19.5 Å². The molecule has 104 valence electrons. The van der Waals surface area contributed by atoms with Gasteiger partial charge < -0.3 is 19.5 Å². The summed E-state index contributed by atoms with van der Waals surface area (Å²) in [5, 5.41) is 3.22. The largest absolute Gasteiger partial charge is 0.478 e. The van der Waals surface area contributed by atoms with Gasteiger partial charge in [0.1, 0.15) is 12.1 Å². The number of anilines is 1. The average Bonchev–Trinajstić information content (AvgIpc) is 2.93. The van der Waals surface area contributed by atoms with Gasteiger partial charge in [0.25, 0.3) is 0 Å². The van der Waals surface area contributed by atoms with Gasteiger partial charge in [0.15, 0.2) is 11.5 Å². The van der Waals surface area contributed by atoms with Gasteiger partial charge >= 0.3 is 0 Å². The molecule has 0 spiro atoms. The molecule has 0 saturated heterocycles. The van der Waals surface area contributed by atoms with Gasteiger partial charge in [-0.1, -0.05) is 6.07 Å². The number of nitrogens with zero attached hydrogens (tertiary/aromatic N) is 2. The zero-order chi connectivity index (χ0) is 13.8. The van der Waals surface area contributed by atoms with Crippen LogP contribution in [-0.4, -0.2) is 23.4 Å². The predicted molar refractivity (Wildman–Crippen MR) is 73.1 cm³/mol. The second-order valence-electron chi connectivity index (χ2n) is 4.22. The van der Waals surface area contributed by atoms with Crippen molar-refractivity contribution in [2.24, 2.45) is 0 Å². The van der Waals surface area contributed by atoms with Crippen molar-refractivity contribution >= 4 is 5.82 Å². The van der Waals surface area contributed by atoms with E-state index in [1.165, 1.54) is 6.33 Å². The molecule has 3 rings (SSSR count). The summed E-state index contributed by atoms with van der Waals surface area (Å²) in [6.45, 7) is 3.43. The normalized spacial score (nSPS) is 12.2. The standard InChI is InChI=1S/C14H15N3O3/c1-2-18-14-6-13(16-8-17-14)15-7-10-3-4-11-12(5-10)20-9-19-11/h3-6,8H,2,7,9H2,1H3,(H,15,16,17). The molecule has 6 nitrogen and oxygen atoms in total. The SMILES string of the molecule is CCOc1cc(NCc2ccc3c(c2)OCO3)ncn1. The molecule has 0 aliphatic carbocycles. The second kappa shape index (κ2) is 5.64. The minimum Gasteiger partial charge on any atom is -0.478 e. The van der Waals surface area contributed by atoms with E-state index in [0.717, 1.165) is 22.9 Å². The molecule has 1 aromatic carbocycles. The van der Waals surface area contributed by atoms with Crippen molar-refractivity contribution in [3.63, 3.8) is 0 Å². The van der Waals surface area contributed by atoms with E-state index in [1.54, 1.807) is 6.07 Å². The summed E-state index contributed by atoms with van der Waals surface area (Å²) in [5.41, 5.74) is 1.09. The zero-order valence-corrected chi connectivity index (χ0v) is 11.1. The molecular weight excluding hydrogens is 258 g/mol. The topological polar surface area (TPSA) is 65.5 Å². The third-order valence-corrected chi connectivity index (χ3v) is 2.84. The minimum absolute atomic E-state index is 0.288. The smallest absolute Gasteiger partial charge is 0.231 e. The van der Waals surface area contributed by atoms with E-state index in [2.05, 4.69) is 15.3 Å². The zero-order valence-electron chi connectivity index (χ0n) is 11.1. The first-order chi connectivity index (χ1) is 9.85. The van der Waals surface area contributed by atoms with Crippen LogP contribution in [0.15, 0.2) is 30.6 Å². The van der Waals surface area contributed by atoms with Crippen molar-refractivity contribution in [2.45, 2.75) is 13.5 Å². The fourth-order valence-corrected chi connectivity index (χ4v) is 1.91. The van der Waals surface area contributed by atoms with Crippen LogP contribution in [0.4, 0.5) is 5.82 Å². The number of rotatable bonds is 5. The predicted octanol–water partition coefficient (Wildman–Crippen LogP) is 2.22.